The number of nitrogens with one attached hydrogen (secondary N) is 2. The molecule has 21 heavy (non-hydrogen) atoms. The first-order valence-corrected chi connectivity index (χ1v) is 7.52. The van der Waals surface area contributed by atoms with Crippen molar-refractivity contribution < 1.29 is 14.7 Å². The van der Waals surface area contributed by atoms with Gasteiger partial charge in [0.1, 0.15) is 0 Å². The van der Waals surface area contributed by atoms with Crippen molar-refractivity contribution in [3.8, 4) is 0 Å². The normalized spacial score (nSPS) is 24.3. The van der Waals surface area contributed by atoms with Crippen molar-refractivity contribution in [3.63, 3.8) is 0 Å². The molecule has 0 aromatic heterocycles. The Morgan fingerprint density at radius 2 is 2.14 bits per heavy atom. The summed E-state index contributed by atoms with van der Waals surface area (Å²) in [6, 6.07) is 5.35. The Hall–Kier alpha value is -1.88. The van der Waals surface area contributed by atoms with E-state index in [1.807, 2.05) is 6.07 Å². The summed E-state index contributed by atoms with van der Waals surface area (Å²) >= 11 is 0. The molecule has 2 atom stereocenters. The zero-order chi connectivity index (χ0) is 14.8. The number of benzene rings is 1. The average Bonchev–Trinajstić information content (AvgIpc) is 2.86. The van der Waals surface area contributed by atoms with Gasteiger partial charge in [0.15, 0.2) is 0 Å². The number of rotatable bonds is 3. The highest BCUT2D eigenvalue weighted by Crippen LogP contribution is 2.26. The average molecular weight is 288 g/mol. The van der Waals surface area contributed by atoms with Gasteiger partial charge in [-0.05, 0) is 30.5 Å². The van der Waals surface area contributed by atoms with E-state index in [0.717, 1.165) is 36.9 Å². The van der Waals surface area contributed by atoms with E-state index in [9.17, 15) is 14.7 Å². The van der Waals surface area contributed by atoms with Crippen LogP contribution < -0.4 is 10.6 Å². The largest absolute Gasteiger partial charge is 0.396 e. The Kier molecular flexibility index (Phi) is 3.92. The molecule has 0 radical (unpaired) electrons. The van der Waals surface area contributed by atoms with Crippen molar-refractivity contribution >= 4 is 17.5 Å². The molecule has 3 N–H and O–H groups in total. The van der Waals surface area contributed by atoms with Crippen LogP contribution in [0, 0.1) is 5.92 Å². The van der Waals surface area contributed by atoms with Crippen LogP contribution in [0.2, 0.25) is 0 Å². The van der Waals surface area contributed by atoms with Crippen molar-refractivity contribution in [1.82, 2.24) is 5.32 Å². The SMILES string of the molecule is O=C1Cc2ccc(C(=O)NC3CCCCC3CO)cc2N1. The third-order valence-electron chi connectivity index (χ3n) is 4.46. The molecule has 0 spiro atoms. The monoisotopic (exact) mass is 288 g/mol. The van der Waals surface area contributed by atoms with Crippen LogP contribution in [-0.2, 0) is 11.2 Å². The van der Waals surface area contributed by atoms with E-state index in [1.165, 1.54) is 0 Å². The fourth-order valence-corrected chi connectivity index (χ4v) is 3.22. The molecule has 1 fully saturated rings. The van der Waals surface area contributed by atoms with E-state index in [4.69, 9.17) is 0 Å². The van der Waals surface area contributed by atoms with E-state index in [2.05, 4.69) is 10.6 Å². The summed E-state index contributed by atoms with van der Waals surface area (Å²) in [4.78, 5) is 23.7. The fourth-order valence-electron chi connectivity index (χ4n) is 3.22. The molecule has 0 saturated heterocycles. The van der Waals surface area contributed by atoms with Gasteiger partial charge in [-0.15, -0.1) is 0 Å². The Morgan fingerprint density at radius 1 is 1.33 bits per heavy atom. The van der Waals surface area contributed by atoms with Crippen molar-refractivity contribution in [3.05, 3.63) is 29.3 Å². The minimum absolute atomic E-state index is 0.0322. The van der Waals surface area contributed by atoms with Crippen LogP contribution in [0.4, 0.5) is 5.69 Å². The number of anilines is 1. The first-order chi connectivity index (χ1) is 10.2. The molecule has 1 saturated carbocycles. The maximum Gasteiger partial charge on any atom is 0.251 e. The van der Waals surface area contributed by atoms with Gasteiger partial charge >= 0.3 is 0 Å². The van der Waals surface area contributed by atoms with Crippen LogP contribution in [0.15, 0.2) is 18.2 Å². The van der Waals surface area contributed by atoms with Crippen LogP contribution in [0.3, 0.4) is 0 Å². The number of carbonyl (C=O) groups excluding carboxylic acids is 2. The molecule has 2 amide bonds. The van der Waals surface area contributed by atoms with Gasteiger partial charge in [-0.1, -0.05) is 18.9 Å². The molecular weight excluding hydrogens is 268 g/mol. The highest BCUT2D eigenvalue weighted by Gasteiger charge is 2.26. The number of fused-ring (bicyclic) bond motifs is 1. The summed E-state index contributed by atoms with van der Waals surface area (Å²) < 4.78 is 0. The number of hydrogen-bond acceptors (Lipinski definition) is 3. The maximum absolute atomic E-state index is 12.4. The van der Waals surface area contributed by atoms with E-state index in [1.54, 1.807) is 12.1 Å². The quantitative estimate of drug-likeness (QED) is 0.788. The van der Waals surface area contributed by atoms with Gasteiger partial charge in [-0.25, -0.2) is 0 Å². The Morgan fingerprint density at radius 3 is 2.95 bits per heavy atom. The van der Waals surface area contributed by atoms with E-state index >= 15 is 0 Å². The smallest absolute Gasteiger partial charge is 0.251 e. The number of aliphatic hydroxyl groups is 1. The summed E-state index contributed by atoms with van der Waals surface area (Å²) in [6.07, 6.45) is 4.46. The van der Waals surface area contributed by atoms with E-state index in [-0.39, 0.29) is 30.4 Å². The second-order valence-electron chi connectivity index (χ2n) is 5.90. The van der Waals surface area contributed by atoms with Gasteiger partial charge in [0.05, 0.1) is 6.42 Å². The topological polar surface area (TPSA) is 78.4 Å². The van der Waals surface area contributed by atoms with Gasteiger partial charge in [0.2, 0.25) is 5.91 Å². The number of aliphatic hydroxyl groups excluding tert-OH is 1. The maximum atomic E-state index is 12.4. The molecule has 5 heteroatoms. The summed E-state index contributed by atoms with van der Waals surface area (Å²) in [5.74, 6) is -0.0173. The van der Waals surface area contributed by atoms with Crippen LogP contribution >= 0.6 is 0 Å². The fraction of sp³-hybridized carbons (Fsp3) is 0.500. The standard InChI is InChI=1S/C16H20N2O3/c19-9-12-3-1-2-4-13(12)18-16(21)11-6-5-10-8-15(20)17-14(10)7-11/h5-7,12-13,19H,1-4,8-9H2,(H,17,20)(H,18,21). The summed E-state index contributed by atoms with van der Waals surface area (Å²) in [7, 11) is 0. The molecule has 1 aromatic rings. The highest BCUT2D eigenvalue weighted by molar-refractivity contribution is 6.02. The summed E-state index contributed by atoms with van der Waals surface area (Å²) in [5.41, 5.74) is 2.22. The minimum atomic E-state index is -0.135. The van der Waals surface area contributed by atoms with Crippen LogP contribution in [0.1, 0.15) is 41.6 Å². The second-order valence-corrected chi connectivity index (χ2v) is 5.90. The molecular formula is C16H20N2O3. The number of hydrogen-bond donors (Lipinski definition) is 3. The lowest BCUT2D eigenvalue weighted by atomic mass is 9.85. The number of amides is 2. The highest BCUT2D eigenvalue weighted by atomic mass is 16.3. The Balaban J connectivity index is 1.71. The van der Waals surface area contributed by atoms with Crippen LogP contribution in [0.5, 0.6) is 0 Å². The van der Waals surface area contributed by atoms with Gasteiger partial charge in [0, 0.05) is 29.8 Å². The number of carbonyl (C=O) groups is 2. The molecule has 1 aromatic carbocycles. The lowest BCUT2D eigenvalue weighted by Gasteiger charge is -2.30. The van der Waals surface area contributed by atoms with E-state index < -0.39 is 0 Å². The molecule has 3 rings (SSSR count). The van der Waals surface area contributed by atoms with Crippen LogP contribution in [0.25, 0.3) is 0 Å². The first-order valence-electron chi connectivity index (χ1n) is 7.52. The van der Waals surface area contributed by atoms with Crippen LogP contribution in [-0.4, -0.2) is 29.6 Å². The lowest BCUT2D eigenvalue weighted by Crippen LogP contribution is -2.43. The van der Waals surface area contributed by atoms with Crippen molar-refractivity contribution in [1.29, 1.82) is 0 Å². The first kappa shape index (κ1) is 14.1. The Labute approximate surface area is 123 Å². The van der Waals surface area contributed by atoms with Crippen molar-refractivity contribution in [2.45, 2.75) is 38.1 Å². The van der Waals surface area contributed by atoms with E-state index in [0.29, 0.717) is 12.0 Å². The molecule has 1 aliphatic carbocycles. The molecule has 1 aliphatic heterocycles. The summed E-state index contributed by atoms with van der Waals surface area (Å²) in [6.45, 7) is 0.116. The van der Waals surface area contributed by atoms with Gasteiger partial charge in [-0.3, -0.25) is 9.59 Å². The third kappa shape index (κ3) is 2.93. The third-order valence-corrected chi connectivity index (χ3v) is 4.46. The predicted molar refractivity (Wildman–Crippen MR) is 79.1 cm³/mol. The molecule has 5 nitrogen and oxygen atoms in total. The zero-order valence-corrected chi connectivity index (χ0v) is 11.9. The second kappa shape index (κ2) is 5.85. The lowest BCUT2D eigenvalue weighted by molar-refractivity contribution is -0.115. The predicted octanol–water partition coefficient (Wildman–Crippen LogP) is 1.46. The molecule has 2 unspecified atom stereocenters. The molecule has 2 aliphatic rings. The Bertz CT molecular complexity index is 571. The zero-order valence-electron chi connectivity index (χ0n) is 11.9. The van der Waals surface area contributed by atoms with Gasteiger partial charge in [-0.2, -0.15) is 0 Å². The van der Waals surface area contributed by atoms with Crippen molar-refractivity contribution in [2.24, 2.45) is 5.92 Å². The molecule has 112 valence electrons. The minimum Gasteiger partial charge on any atom is -0.396 e. The van der Waals surface area contributed by atoms with Gasteiger partial charge < -0.3 is 15.7 Å². The molecule has 0 bridgehead atoms. The summed E-state index contributed by atoms with van der Waals surface area (Å²) in [5, 5.41) is 15.2. The molecule has 1 heterocycles. The van der Waals surface area contributed by atoms with Gasteiger partial charge in [0.25, 0.3) is 5.91 Å². The van der Waals surface area contributed by atoms with Crippen molar-refractivity contribution in [2.75, 3.05) is 11.9 Å².